The molecule has 0 aromatic carbocycles. The molecule has 1 fully saturated rings. The Bertz CT molecular complexity index is 141. The number of hydrogen-bond acceptors (Lipinski definition) is 2. The van der Waals surface area contributed by atoms with Crippen molar-refractivity contribution in [2.24, 2.45) is 17.6 Å². The fourth-order valence-corrected chi connectivity index (χ4v) is 2.33. The Hall–Kier alpha value is -0.0800. The Balaban J connectivity index is 2.26. The molecule has 0 aliphatic heterocycles. The van der Waals surface area contributed by atoms with Crippen LogP contribution in [0.3, 0.4) is 0 Å². The third kappa shape index (κ3) is 3.97. The van der Waals surface area contributed by atoms with E-state index in [-0.39, 0.29) is 12.0 Å². The van der Waals surface area contributed by atoms with Crippen molar-refractivity contribution in [3.05, 3.63) is 0 Å². The molecular formula is C12H25NO. The van der Waals surface area contributed by atoms with E-state index < -0.39 is 0 Å². The van der Waals surface area contributed by atoms with Gasteiger partial charge in [-0.15, -0.1) is 0 Å². The fraction of sp³-hybridized carbons (Fsp3) is 1.00. The smallest absolute Gasteiger partial charge is 0.0580 e. The van der Waals surface area contributed by atoms with Gasteiger partial charge in [-0.2, -0.15) is 0 Å². The Kier molecular flexibility index (Phi) is 5.49. The summed E-state index contributed by atoms with van der Waals surface area (Å²) in [5.74, 6) is 1.01. The lowest BCUT2D eigenvalue weighted by molar-refractivity contribution is 0.0897. The Labute approximate surface area is 87.9 Å². The molecule has 0 radical (unpaired) electrons. The lowest BCUT2D eigenvalue weighted by atomic mass is 9.89. The van der Waals surface area contributed by atoms with Crippen LogP contribution in [0.25, 0.3) is 0 Å². The second-order valence-corrected chi connectivity index (χ2v) is 4.87. The van der Waals surface area contributed by atoms with Gasteiger partial charge in [0.05, 0.1) is 6.10 Å². The van der Waals surface area contributed by atoms with Crippen molar-refractivity contribution in [3.8, 4) is 0 Å². The highest BCUT2D eigenvalue weighted by molar-refractivity contribution is 4.72. The van der Waals surface area contributed by atoms with E-state index in [1.165, 1.54) is 38.5 Å². The zero-order valence-corrected chi connectivity index (χ0v) is 9.41. The lowest BCUT2D eigenvalue weighted by Crippen LogP contribution is -2.27. The van der Waals surface area contributed by atoms with Crippen LogP contribution in [0.2, 0.25) is 0 Å². The van der Waals surface area contributed by atoms with E-state index >= 15 is 0 Å². The van der Waals surface area contributed by atoms with Gasteiger partial charge >= 0.3 is 0 Å². The average Bonchev–Trinajstić information content (AvgIpc) is 2.45. The topological polar surface area (TPSA) is 46.2 Å². The molecule has 0 spiro atoms. The summed E-state index contributed by atoms with van der Waals surface area (Å²) in [4.78, 5) is 0. The summed E-state index contributed by atoms with van der Waals surface area (Å²) >= 11 is 0. The van der Waals surface area contributed by atoms with Crippen LogP contribution < -0.4 is 5.73 Å². The van der Waals surface area contributed by atoms with E-state index in [2.05, 4.69) is 0 Å². The summed E-state index contributed by atoms with van der Waals surface area (Å²) in [5, 5.41) is 9.88. The first kappa shape index (κ1) is 12.0. The van der Waals surface area contributed by atoms with Gasteiger partial charge in [0, 0.05) is 0 Å². The van der Waals surface area contributed by atoms with Crippen LogP contribution in [0.15, 0.2) is 0 Å². The Morgan fingerprint density at radius 1 is 1.21 bits per heavy atom. The van der Waals surface area contributed by atoms with Crippen LogP contribution in [0, 0.1) is 11.8 Å². The first-order valence-electron chi connectivity index (χ1n) is 6.12. The highest BCUT2D eigenvalue weighted by atomic mass is 16.3. The molecule has 0 heterocycles. The van der Waals surface area contributed by atoms with Crippen molar-refractivity contribution in [3.63, 3.8) is 0 Å². The first-order valence-corrected chi connectivity index (χ1v) is 6.12. The maximum absolute atomic E-state index is 9.88. The standard InChI is InChI=1S/C12H25NO/c1-10(9-13)12(14)8-11-6-4-2-3-5-7-11/h10-12,14H,2-9,13H2,1H3. The molecule has 2 heteroatoms. The zero-order chi connectivity index (χ0) is 10.4. The summed E-state index contributed by atoms with van der Waals surface area (Å²) < 4.78 is 0. The minimum Gasteiger partial charge on any atom is -0.393 e. The summed E-state index contributed by atoms with van der Waals surface area (Å²) in [5.41, 5.74) is 5.55. The van der Waals surface area contributed by atoms with E-state index in [4.69, 9.17) is 5.73 Å². The third-order valence-electron chi connectivity index (χ3n) is 3.58. The van der Waals surface area contributed by atoms with Gasteiger partial charge in [0.1, 0.15) is 0 Å². The number of aliphatic hydroxyl groups is 1. The molecule has 0 aromatic heterocycles. The summed E-state index contributed by atoms with van der Waals surface area (Å²) in [7, 11) is 0. The molecule has 2 nitrogen and oxygen atoms in total. The van der Waals surface area contributed by atoms with E-state index in [0.29, 0.717) is 6.54 Å². The molecule has 0 saturated heterocycles. The van der Waals surface area contributed by atoms with Crippen molar-refractivity contribution in [2.45, 2.75) is 58.0 Å². The van der Waals surface area contributed by atoms with E-state index in [0.717, 1.165) is 12.3 Å². The zero-order valence-electron chi connectivity index (χ0n) is 9.41. The quantitative estimate of drug-likeness (QED) is 0.682. The predicted molar refractivity (Wildman–Crippen MR) is 60.0 cm³/mol. The van der Waals surface area contributed by atoms with Crippen molar-refractivity contribution in [1.82, 2.24) is 0 Å². The highest BCUT2D eigenvalue weighted by Gasteiger charge is 2.19. The number of hydrogen-bond donors (Lipinski definition) is 2. The molecule has 2 unspecified atom stereocenters. The first-order chi connectivity index (χ1) is 6.74. The minimum absolute atomic E-state index is 0.178. The van der Waals surface area contributed by atoms with Gasteiger partial charge in [0.2, 0.25) is 0 Å². The van der Waals surface area contributed by atoms with Crippen LogP contribution in [-0.2, 0) is 0 Å². The van der Waals surface area contributed by atoms with E-state index in [1.807, 2.05) is 6.92 Å². The van der Waals surface area contributed by atoms with Gasteiger partial charge < -0.3 is 10.8 Å². The molecular weight excluding hydrogens is 174 g/mol. The van der Waals surface area contributed by atoms with Crippen LogP contribution in [-0.4, -0.2) is 17.8 Å². The van der Waals surface area contributed by atoms with Gasteiger partial charge in [-0.3, -0.25) is 0 Å². The highest BCUT2D eigenvalue weighted by Crippen LogP contribution is 2.27. The van der Waals surface area contributed by atoms with Crippen LogP contribution >= 0.6 is 0 Å². The summed E-state index contributed by atoms with van der Waals surface area (Å²) in [6, 6.07) is 0. The Morgan fingerprint density at radius 2 is 1.79 bits per heavy atom. The summed E-state index contributed by atoms with van der Waals surface area (Å²) in [6.07, 6.45) is 8.91. The number of rotatable bonds is 4. The van der Waals surface area contributed by atoms with E-state index in [1.54, 1.807) is 0 Å². The second kappa shape index (κ2) is 6.41. The predicted octanol–water partition coefficient (Wildman–Crippen LogP) is 2.30. The van der Waals surface area contributed by atoms with Gasteiger partial charge in [-0.05, 0) is 24.8 Å². The van der Waals surface area contributed by atoms with Gasteiger partial charge in [-0.1, -0.05) is 45.4 Å². The third-order valence-corrected chi connectivity index (χ3v) is 3.58. The second-order valence-electron chi connectivity index (χ2n) is 4.87. The van der Waals surface area contributed by atoms with Crippen LogP contribution in [0.4, 0.5) is 0 Å². The molecule has 1 aliphatic rings. The molecule has 3 N–H and O–H groups in total. The van der Waals surface area contributed by atoms with Crippen molar-refractivity contribution in [1.29, 1.82) is 0 Å². The molecule has 1 aliphatic carbocycles. The minimum atomic E-state index is -0.178. The molecule has 0 amide bonds. The summed E-state index contributed by atoms with van der Waals surface area (Å²) in [6.45, 7) is 2.65. The normalized spacial score (nSPS) is 24.2. The van der Waals surface area contributed by atoms with Crippen molar-refractivity contribution in [2.75, 3.05) is 6.54 Å². The number of aliphatic hydroxyl groups excluding tert-OH is 1. The maximum Gasteiger partial charge on any atom is 0.0580 e. The van der Waals surface area contributed by atoms with Crippen LogP contribution in [0.1, 0.15) is 51.9 Å². The van der Waals surface area contributed by atoms with Gasteiger partial charge in [0.25, 0.3) is 0 Å². The average molecular weight is 199 g/mol. The molecule has 0 aromatic rings. The molecule has 1 saturated carbocycles. The SMILES string of the molecule is CC(CN)C(O)CC1CCCCCC1. The largest absolute Gasteiger partial charge is 0.393 e. The Morgan fingerprint density at radius 3 is 2.29 bits per heavy atom. The van der Waals surface area contributed by atoms with Crippen molar-refractivity contribution < 1.29 is 5.11 Å². The van der Waals surface area contributed by atoms with Crippen LogP contribution in [0.5, 0.6) is 0 Å². The molecule has 84 valence electrons. The van der Waals surface area contributed by atoms with Gasteiger partial charge in [-0.25, -0.2) is 0 Å². The lowest BCUT2D eigenvalue weighted by Gasteiger charge is -2.22. The molecule has 14 heavy (non-hydrogen) atoms. The maximum atomic E-state index is 9.88. The number of nitrogens with two attached hydrogens (primary N) is 1. The van der Waals surface area contributed by atoms with Gasteiger partial charge in [0.15, 0.2) is 0 Å². The van der Waals surface area contributed by atoms with E-state index in [9.17, 15) is 5.11 Å². The molecule has 0 bridgehead atoms. The molecule has 2 atom stereocenters. The fourth-order valence-electron chi connectivity index (χ4n) is 2.33. The van der Waals surface area contributed by atoms with Crippen molar-refractivity contribution >= 4 is 0 Å². The molecule has 1 rings (SSSR count). The monoisotopic (exact) mass is 199 g/mol.